The maximum absolute atomic E-state index is 5.25. The number of rotatable bonds is 7. The quantitative estimate of drug-likeness (QED) is 0.161. The molecule has 0 aliphatic heterocycles. The summed E-state index contributed by atoms with van der Waals surface area (Å²) in [6.45, 7) is 13.9. The van der Waals surface area contributed by atoms with Crippen molar-refractivity contribution in [3.63, 3.8) is 0 Å². The molecule has 0 atom stereocenters. The Morgan fingerprint density at radius 1 is 0.333 bits per heavy atom. The summed E-state index contributed by atoms with van der Waals surface area (Å²) in [6, 6.07) is 69.5. The lowest BCUT2D eigenvalue weighted by molar-refractivity contribution is 0.590. The number of fused-ring (bicyclic) bond motifs is 3. The van der Waals surface area contributed by atoms with Gasteiger partial charge in [0, 0.05) is 44.2 Å². The van der Waals surface area contributed by atoms with Crippen LogP contribution in [-0.4, -0.2) is 19.5 Å². The van der Waals surface area contributed by atoms with E-state index in [0.717, 1.165) is 50.1 Å². The van der Waals surface area contributed by atoms with Crippen molar-refractivity contribution in [2.45, 2.75) is 52.4 Å². The lowest BCUT2D eigenvalue weighted by Crippen LogP contribution is -2.11. The molecule has 2 heterocycles. The average Bonchev–Trinajstić information content (AvgIpc) is 3.65. The topological polar surface area (TPSA) is 43.6 Å². The smallest absolute Gasteiger partial charge is 0.164 e. The molecule has 0 aliphatic rings. The second-order valence-electron chi connectivity index (χ2n) is 18.5. The van der Waals surface area contributed by atoms with E-state index in [1.807, 2.05) is 36.4 Å². The van der Waals surface area contributed by atoms with Gasteiger partial charge in [0.1, 0.15) is 0 Å². The number of nitrogens with zero attached hydrogens (tertiary/aromatic N) is 4. The highest BCUT2D eigenvalue weighted by molar-refractivity contribution is 6.15. The van der Waals surface area contributed by atoms with Gasteiger partial charge in [0.05, 0.1) is 16.7 Å². The van der Waals surface area contributed by atoms with Crippen molar-refractivity contribution in [1.82, 2.24) is 19.5 Å². The van der Waals surface area contributed by atoms with E-state index in [1.54, 1.807) is 0 Å². The third kappa shape index (κ3) is 7.52. The highest BCUT2D eigenvalue weighted by Gasteiger charge is 2.27. The van der Waals surface area contributed by atoms with Crippen LogP contribution in [0.25, 0.3) is 95.0 Å². The molecule has 4 heteroatoms. The first-order valence-corrected chi connectivity index (χ1v) is 21.9. The fraction of sp³-hybridized carbons (Fsp3) is 0.136. The molecule has 63 heavy (non-hydrogen) atoms. The molecule has 0 bridgehead atoms. The Hall–Kier alpha value is -7.43. The van der Waals surface area contributed by atoms with Crippen LogP contribution in [0.5, 0.6) is 0 Å². The summed E-state index contributed by atoms with van der Waals surface area (Å²) in [5, 5.41) is 2.47. The highest BCUT2D eigenvalue weighted by Crippen LogP contribution is 2.47. The maximum atomic E-state index is 5.25. The number of benzene rings is 8. The van der Waals surface area contributed by atoms with Gasteiger partial charge in [-0.1, -0.05) is 199 Å². The molecule has 306 valence electrons. The van der Waals surface area contributed by atoms with Gasteiger partial charge in [-0.15, -0.1) is 0 Å². The summed E-state index contributed by atoms with van der Waals surface area (Å²) < 4.78 is 2.55. The highest BCUT2D eigenvalue weighted by atomic mass is 15.0. The van der Waals surface area contributed by atoms with Gasteiger partial charge in [-0.2, -0.15) is 0 Å². The van der Waals surface area contributed by atoms with Gasteiger partial charge in [-0.05, 0) is 75.0 Å². The Bertz CT molecular complexity index is 3130. The molecule has 10 rings (SSSR count). The first-order valence-electron chi connectivity index (χ1n) is 21.9. The zero-order chi connectivity index (χ0) is 43.3. The van der Waals surface area contributed by atoms with Gasteiger partial charge in [0.2, 0.25) is 0 Å². The molecule has 0 fully saturated rings. The van der Waals surface area contributed by atoms with E-state index in [2.05, 4.69) is 204 Å². The van der Waals surface area contributed by atoms with Crippen LogP contribution in [0.3, 0.4) is 0 Å². The third-order valence-electron chi connectivity index (χ3n) is 12.1. The first kappa shape index (κ1) is 39.7. The van der Waals surface area contributed by atoms with Crippen LogP contribution >= 0.6 is 0 Å². The molecule has 0 unspecified atom stereocenters. The Morgan fingerprint density at radius 2 is 0.714 bits per heavy atom. The second kappa shape index (κ2) is 15.8. The van der Waals surface area contributed by atoms with Gasteiger partial charge in [-0.25, -0.2) is 15.0 Å². The second-order valence-corrected chi connectivity index (χ2v) is 18.5. The van der Waals surface area contributed by atoms with Gasteiger partial charge in [0.15, 0.2) is 17.5 Å². The SMILES string of the molecule is CC(C)(C)c1ccc2c(c1)c1cc(C(C)(C)C)cc(-c3ccccc3)c1n2-c1c(-c2ccccc2)cc(-c2nc(-c3ccccc3)nc(-c3ccccc3)n2)cc1-c1ccccc1. The predicted molar refractivity (Wildman–Crippen MR) is 264 cm³/mol. The number of hydrogen-bond donors (Lipinski definition) is 0. The van der Waals surface area contributed by atoms with Crippen LogP contribution in [0.15, 0.2) is 194 Å². The standard InChI is InChI=1S/C59H50N4/c1-58(2,3)45-32-33-52-50(36-45)51-38-46(59(4,5)6)37-49(41-26-16-9-17-27-41)54(51)63(52)53-47(39-22-12-7-13-23-39)34-44(35-48(53)40-24-14-8-15-25-40)57-61-55(42-28-18-10-19-29-42)60-56(62-57)43-30-20-11-21-31-43/h7-38H,1-6H3. The minimum absolute atomic E-state index is 0.0414. The van der Waals surface area contributed by atoms with Gasteiger partial charge in [0.25, 0.3) is 0 Å². The summed E-state index contributed by atoms with van der Waals surface area (Å²) in [7, 11) is 0. The van der Waals surface area contributed by atoms with Gasteiger partial charge in [-0.3, -0.25) is 0 Å². The summed E-state index contributed by atoms with van der Waals surface area (Å²) >= 11 is 0. The van der Waals surface area contributed by atoms with E-state index in [1.165, 1.54) is 38.5 Å². The molecule has 4 nitrogen and oxygen atoms in total. The summed E-state index contributed by atoms with van der Waals surface area (Å²) in [4.78, 5) is 15.6. The zero-order valence-corrected chi connectivity index (χ0v) is 36.8. The fourth-order valence-electron chi connectivity index (χ4n) is 8.74. The van der Waals surface area contributed by atoms with Crippen molar-refractivity contribution < 1.29 is 0 Å². The van der Waals surface area contributed by atoms with Crippen molar-refractivity contribution in [1.29, 1.82) is 0 Å². The first-order chi connectivity index (χ1) is 30.5. The number of hydrogen-bond acceptors (Lipinski definition) is 3. The molecule has 0 radical (unpaired) electrons. The third-order valence-corrected chi connectivity index (χ3v) is 12.1. The minimum Gasteiger partial charge on any atom is -0.307 e. The van der Waals surface area contributed by atoms with E-state index in [0.29, 0.717) is 17.5 Å². The van der Waals surface area contributed by atoms with Crippen molar-refractivity contribution in [2.75, 3.05) is 0 Å². The van der Waals surface area contributed by atoms with Crippen LogP contribution in [-0.2, 0) is 10.8 Å². The van der Waals surface area contributed by atoms with Crippen molar-refractivity contribution >= 4 is 21.8 Å². The average molecular weight is 815 g/mol. The van der Waals surface area contributed by atoms with Gasteiger partial charge >= 0.3 is 0 Å². The predicted octanol–water partition coefficient (Wildman–Crippen LogP) is 15.6. The molecule has 2 aromatic heterocycles. The van der Waals surface area contributed by atoms with Crippen molar-refractivity contribution in [3.05, 3.63) is 205 Å². The lowest BCUT2D eigenvalue weighted by Gasteiger charge is -2.24. The molecule has 0 amide bonds. The van der Waals surface area contributed by atoms with Crippen molar-refractivity contribution in [2.24, 2.45) is 0 Å². The largest absolute Gasteiger partial charge is 0.307 e. The molecule has 0 N–H and O–H groups in total. The van der Waals surface area contributed by atoms with E-state index in [9.17, 15) is 0 Å². The fourth-order valence-corrected chi connectivity index (χ4v) is 8.74. The normalized spacial score (nSPS) is 12.0. The van der Waals surface area contributed by atoms with Crippen LogP contribution in [0, 0.1) is 0 Å². The molecule has 0 saturated carbocycles. The molecule has 8 aromatic carbocycles. The Labute approximate surface area is 370 Å². The summed E-state index contributed by atoms with van der Waals surface area (Å²) in [6.07, 6.45) is 0. The molecule has 0 aliphatic carbocycles. The van der Waals surface area contributed by atoms with E-state index in [-0.39, 0.29) is 10.8 Å². The number of aromatic nitrogens is 4. The molecule has 0 saturated heterocycles. The Kier molecular flexibility index (Phi) is 9.95. The Balaban J connectivity index is 1.38. The summed E-state index contributed by atoms with van der Waals surface area (Å²) in [5.74, 6) is 1.87. The van der Waals surface area contributed by atoms with Crippen molar-refractivity contribution in [3.8, 4) is 73.2 Å². The van der Waals surface area contributed by atoms with Crippen LogP contribution in [0.4, 0.5) is 0 Å². The summed E-state index contributed by atoms with van der Waals surface area (Å²) in [5.41, 5.74) is 15.4. The van der Waals surface area contributed by atoms with Crippen LogP contribution in [0.1, 0.15) is 52.7 Å². The maximum Gasteiger partial charge on any atom is 0.164 e. The van der Waals surface area contributed by atoms with Gasteiger partial charge < -0.3 is 4.57 Å². The molecular weight excluding hydrogens is 765 g/mol. The minimum atomic E-state index is -0.0818. The molecular formula is C59H50N4. The van der Waals surface area contributed by atoms with E-state index in [4.69, 9.17) is 15.0 Å². The van der Waals surface area contributed by atoms with Crippen LogP contribution < -0.4 is 0 Å². The molecule has 0 spiro atoms. The monoisotopic (exact) mass is 814 g/mol. The van der Waals surface area contributed by atoms with Crippen LogP contribution in [0.2, 0.25) is 0 Å². The van der Waals surface area contributed by atoms with E-state index < -0.39 is 0 Å². The Morgan fingerprint density at radius 3 is 1.14 bits per heavy atom. The lowest BCUT2D eigenvalue weighted by atomic mass is 9.83. The van der Waals surface area contributed by atoms with E-state index >= 15 is 0 Å². The molecule has 10 aromatic rings. The zero-order valence-electron chi connectivity index (χ0n) is 36.8.